The van der Waals surface area contributed by atoms with Gasteiger partial charge in [0, 0.05) is 13.7 Å². The fraction of sp³-hybridized carbons (Fsp3) is 0.889. The second kappa shape index (κ2) is 8.38. The molecule has 0 radical (unpaired) electrons. The molecule has 3 nitrogen and oxygen atoms in total. The van der Waals surface area contributed by atoms with Crippen LogP contribution >= 0.6 is 11.8 Å². The van der Waals surface area contributed by atoms with E-state index in [0.29, 0.717) is 6.42 Å². The molecule has 0 aromatic carbocycles. The normalized spacial score (nSPS) is 12.8. The molecule has 0 heterocycles. The first-order chi connectivity index (χ1) is 6.22. The lowest BCUT2D eigenvalue weighted by Gasteiger charge is -2.08. The van der Waals surface area contributed by atoms with Gasteiger partial charge in [0.25, 0.3) is 0 Å². The van der Waals surface area contributed by atoms with Crippen molar-refractivity contribution in [3.05, 3.63) is 0 Å². The van der Waals surface area contributed by atoms with Gasteiger partial charge in [-0.15, -0.1) is 11.8 Å². The molecule has 0 fully saturated rings. The summed E-state index contributed by atoms with van der Waals surface area (Å²) in [6.07, 6.45) is 2.74. The molecule has 0 bridgehead atoms. The van der Waals surface area contributed by atoms with Gasteiger partial charge in [0.05, 0.1) is 0 Å². The lowest BCUT2D eigenvalue weighted by atomic mass is 10.3. The summed E-state index contributed by atoms with van der Waals surface area (Å²) in [6, 6.07) is 0. The highest BCUT2D eigenvalue weighted by Gasteiger charge is 2.14. The number of aliphatic carboxylic acids is 1. The van der Waals surface area contributed by atoms with E-state index in [9.17, 15) is 4.79 Å². The van der Waals surface area contributed by atoms with Gasteiger partial charge >= 0.3 is 5.97 Å². The number of methoxy groups -OCH3 is 1. The van der Waals surface area contributed by atoms with E-state index in [0.717, 1.165) is 25.2 Å². The maximum atomic E-state index is 10.6. The van der Waals surface area contributed by atoms with Crippen molar-refractivity contribution in [2.75, 3.05) is 19.5 Å². The number of thioether (sulfide) groups is 1. The Bertz CT molecular complexity index is 139. The van der Waals surface area contributed by atoms with Crippen molar-refractivity contribution in [2.24, 2.45) is 0 Å². The minimum Gasteiger partial charge on any atom is -0.480 e. The highest BCUT2D eigenvalue weighted by molar-refractivity contribution is 8.00. The second-order valence-electron chi connectivity index (χ2n) is 2.81. The first-order valence-corrected chi connectivity index (χ1v) is 5.60. The molecule has 0 aromatic heterocycles. The first-order valence-electron chi connectivity index (χ1n) is 4.55. The number of rotatable bonds is 8. The summed E-state index contributed by atoms with van der Waals surface area (Å²) in [7, 11) is 1.68. The molecule has 0 aliphatic carbocycles. The van der Waals surface area contributed by atoms with Gasteiger partial charge in [-0.1, -0.05) is 6.92 Å². The smallest absolute Gasteiger partial charge is 0.316 e. The van der Waals surface area contributed by atoms with E-state index >= 15 is 0 Å². The Morgan fingerprint density at radius 1 is 1.54 bits per heavy atom. The van der Waals surface area contributed by atoms with Crippen LogP contribution in [0.25, 0.3) is 0 Å². The van der Waals surface area contributed by atoms with Crippen molar-refractivity contribution < 1.29 is 14.6 Å². The summed E-state index contributed by atoms with van der Waals surface area (Å²) in [5.41, 5.74) is 0. The molecule has 1 unspecified atom stereocenters. The minimum absolute atomic E-state index is 0.234. The number of carboxylic acid groups (broad SMARTS) is 1. The average Bonchev–Trinajstić information content (AvgIpc) is 2.10. The van der Waals surface area contributed by atoms with E-state index in [-0.39, 0.29) is 5.25 Å². The molecule has 0 saturated heterocycles. The molecule has 0 aliphatic heterocycles. The fourth-order valence-electron chi connectivity index (χ4n) is 0.938. The van der Waals surface area contributed by atoms with Gasteiger partial charge in [0.1, 0.15) is 5.25 Å². The van der Waals surface area contributed by atoms with Crippen molar-refractivity contribution in [3.8, 4) is 0 Å². The predicted octanol–water partition coefficient (Wildman–Crippen LogP) is 2.01. The van der Waals surface area contributed by atoms with Crippen LogP contribution in [0.3, 0.4) is 0 Å². The van der Waals surface area contributed by atoms with Gasteiger partial charge in [-0.2, -0.15) is 0 Å². The number of hydrogen-bond donors (Lipinski definition) is 1. The molecule has 1 N–H and O–H groups in total. The first kappa shape index (κ1) is 12.8. The summed E-state index contributed by atoms with van der Waals surface area (Å²) in [5.74, 6) is 0.216. The molecular weight excluding hydrogens is 188 g/mol. The van der Waals surface area contributed by atoms with Crippen LogP contribution in [0.2, 0.25) is 0 Å². The molecule has 0 amide bonds. The number of carboxylic acids is 1. The van der Waals surface area contributed by atoms with Crippen LogP contribution in [0, 0.1) is 0 Å². The SMILES string of the molecule is CCC(SCCCCOC)C(=O)O. The minimum atomic E-state index is -0.695. The zero-order valence-electron chi connectivity index (χ0n) is 8.28. The third-order valence-electron chi connectivity index (χ3n) is 1.71. The van der Waals surface area contributed by atoms with Gasteiger partial charge in [0.15, 0.2) is 0 Å². The molecule has 0 aromatic rings. The maximum absolute atomic E-state index is 10.6. The molecule has 78 valence electrons. The summed E-state index contributed by atoms with van der Waals surface area (Å²) in [5, 5.41) is 8.50. The van der Waals surface area contributed by atoms with Gasteiger partial charge in [-0.3, -0.25) is 4.79 Å². The zero-order chi connectivity index (χ0) is 10.1. The van der Waals surface area contributed by atoms with Crippen LogP contribution in [-0.4, -0.2) is 35.8 Å². The number of ether oxygens (including phenoxy) is 1. The third-order valence-corrected chi connectivity index (χ3v) is 3.17. The molecule has 4 heteroatoms. The Kier molecular flexibility index (Phi) is 8.24. The molecule has 13 heavy (non-hydrogen) atoms. The van der Waals surface area contributed by atoms with Crippen LogP contribution in [0.15, 0.2) is 0 Å². The zero-order valence-corrected chi connectivity index (χ0v) is 9.10. The molecule has 0 aliphatic rings. The Hall–Kier alpha value is -0.220. The molecule has 0 rings (SSSR count). The Labute approximate surface area is 83.9 Å². The largest absolute Gasteiger partial charge is 0.480 e. The van der Waals surface area contributed by atoms with Gasteiger partial charge < -0.3 is 9.84 Å². The highest BCUT2D eigenvalue weighted by Crippen LogP contribution is 2.16. The Balaban J connectivity index is 3.33. The van der Waals surface area contributed by atoms with Crippen LogP contribution < -0.4 is 0 Å². The van der Waals surface area contributed by atoms with Crippen LogP contribution in [0.1, 0.15) is 26.2 Å². The van der Waals surface area contributed by atoms with Crippen molar-refractivity contribution in [3.63, 3.8) is 0 Å². The second-order valence-corrected chi connectivity index (χ2v) is 4.12. The van der Waals surface area contributed by atoms with Crippen molar-refractivity contribution >= 4 is 17.7 Å². The summed E-state index contributed by atoms with van der Waals surface area (Å²) in [6.45, 7) is 2.67. The summed E-state index contributed by atoms with van der Waals surface area (Å²) >= 11 is 1.52. The predicted molar refractivity (Wildman–Crippen MR) is 55.3 cm³/mol. The summed E-state index contributed by atoms with van der Waals surface area (Å²) < 4.78 is 4.90. The number of unbranched alkanes of at least 4 members (excludes halogenated alkanes) is 1. The molecule has 1 atom stereocenters. The topological polar surface area (TPSA) is 46.5 Å². The van der Waals surface area contributed by atoms with E-state index in [1.54, 1.807) is 7.11 Å². The molecule has 0 saturated carbocycles. The molecule has 0 spiro atoms. The van der Waals surface area contributed by atoms with Gasteiger partial charge in [0.2, 0.25) is 0 Å². The van der Waals surface area contributed by atoms with Crippen LogP contribution in [0.5, 0.6) is 0 Å². The summed E-state index contributed by atoms with van der Waals surface area (Å²) in [4.78, 5) is 10.6. The van der Waals surface area contributed by atoms with Crippen molar-refractivity contribution in [1.82, 2.24) is 0 Å². The van der Waals surface area contributed by atoms with E-state index in [1.165, 1.54) is 11.8 Å². The quantitative estimate of drug-likeness (QED) is 0.617. The monoisotopic (exact) mass is 206 g/mol. The van der Waals surface area contributed by atoms with Gasteiger partial charge in [-0.25, -0.2) is 0 Å². The van der Waals surface area contributed by atoms with E-state index in [1.807, 2.05) is 6.92 Å². The fourth-order valence-corrected chi connectivity index (χ4v) is 1.97. The lowest BCUT2D eigenvalue weighted by Crippen LogP contribution is -2.15. The van der Waals surface area contributed by atoms with Crippen LogP contribution in [-0.2, 0) is 9.53 Å². The van der Waals surface area contributed by atoms with E-state index in [2.05, 4.69) is 0 Å². The van der Waals surface area contributed by atoms with Crippen molar-refractivity contribution in [1.29, 1.82) is 0 Å². The lowest BCUT2D eigenvalue weighted by molar-refractivity contribution is -0.136. The standard InChI is InChI=1S/C9H18O3S/c1-3-8(9(10)11)13-7-5-4-6-12-2/h8H,3-7H2,1-2H3,(H,10,11). The third kappa shape index (κ3) is 6.90. The Morgan fingerprint density at radius 3 is 2.69 bits per heavy atom. The van der Waals surface area contributed by atoms with E-state index in [4.69, 9.17) is 9.84 Å². The van der Waals surface area contributed by atoms with Crippen LogP contribution in [0.4, 0.5) is 0 Å². The molecular formula is C9H18O3S. The average molecular weight is 206 g/mol. The highest BCUT2D eigenvalue weighted by atomic mass is 32.2. The number of hydrogen-bond acceptors (Lipinski definition) is 3. The Morgan fingerprint density at radius 2 is 2.23 bits per heavy atom. The number of carbonyl (C=O) groups is 1. The maximum Gasteiger partial charge on any atom is 0.316 e. The van der Waals surface area contributed by atoms with Gasteiger partial charge in [-0.05, 0) is 25.0 Å². The van der Waals surface area contributed by atoms with Crippen molar-refractivity contribution in [2.45, 2.75) is 31.4 Å². The van der Waals surface area contributed by atoms with E-state index < -0.39 is 5.97 Å².